The molecule has 1 fully saturated rings. The Morgan fingerprint density at radius 3 is 2.50 bits per heavy atom. The van der Waals surface area contributed by atoms with Gasteiger partial charge in [-0.1, -0.05) is 12.1 Å². The van der Waals surface area contributed by atoms with E-state index in [9.17, 15) is 4.79 Å². The molecule has 0 bridgehead atoms. The van der Waals surface area contributed by atoms with Gasteiger partial charge in [0, 0.05) is 37.4 Å². The first kappa shape index (κ1) is 11.1. The van der Waals surface area contributed by atoms with Crippen LogP contribution in [0.3, 0.4) is 0 Å². The molecule has 0 radical (unpaired) electrons. The van der Waals surface area contributed by atoms with Crippen molar-refractivity contribution in [2.75, 3.05) is 38.1 Å². The zero-order chi connectivity index (χ0) is 11.5. The average Bonchev–Trinajstić information content (AvgIpc) is 2.31. The molecule has 1 aliphatic rings. The van der Waals surface area contributed by atoms with E-state index in [4.69, 9.17) is 0 Å². The van der Waals surface area contributed by atoms with E-state index in [1.807, 2.05) is 19.1 Å². The first-order valence-electron chi connectivity index (χ1n) is 5.70. The van der Waals surface area contributed by atoms with Crippen molar-refractivity contribution in [1.29, 1.82) is 0 Å². The van der Waals surface area contributed by atoms with E-state index in [0.29, 0.717) is 0 Å². The smallest absolute Gasteiger partial charge is 0.150 e. The molecule has 0 spiro atoms. The van der Waals surface area contributed by atoms with E-state index < -0.39 is 0 Å². The van der Waals surface area contributed by atoms with Gasteiger partial charge in [0.15, 0.2) is 0 Å². The SMILES string of the molecule is Cc1c(C=O)cccc1N1CCN(C)CC1. The molecule has 1 saturated heterocycles. The Morgan fingerprint density at radius 2 is 1.88 bits per heavy atom. The van der Waals surface area contributed by atoms with Crippen LogP contribution >= 0.6 is 0 Å². The average molecular weight is 218 g/mol. The second-order valence-corrected chi connectivity index (χ2v) is 4.40. The van der Waals surface area contributed by atoms with Gasteiger partial charge in [-0.05, 0) is 25.6 Å². The fourth-order valence-corrected chi connectivity index (χ4v) is 2.16. The Hall–Kier alpha value is -1.35. The third kappa shape index (κ3) is 2.09. The second kappa shape index (κ2) is 4.66. The molecule has 0 unspecified atom stereocenters. The van der Waals surface area contributed by atoms with Crippen molar-refractivity contribution < 1.29 is 4.79 Å². The van der Waals surface area contributed by atoms with Gasteiger partial charge in [0.1, 0.15) is 6.29 Å². The van der Waals surface area contributed by atoms with Crippen LogP contribution in [0.25, 0.3) is 0 Å². The lowest BCUT2D eigenvalue weighted by Crippen LogP contribution is -2.44. The van der Waals surface area contributed by atoms with Crippen LogP contribution < -0.4 is 4.90 Å². The fraction of sp³-hybridized carbons (Fsp3) is 0.462. The number of anilines is 1. The molecule has 3 nitrogen and oxygen atoms in total. The van der Waals surface area contributed by atoms with Gasteiger partial charge < -0.3 is 9.80 Å². The minimum absolute atomic E-state index is 0.802. The number of likely N-dealkylation sites (N-methyl/N-ethyl adjacent to an activating group) is 1. The molecule has 2 rings (SSSR count). The summed E-state index contributed by atoms with van der Waals surface area (Å²) in [7, 11) is 2.14. The number of benzene rings is 1. The Kier molecular flexibility index (Phi) is 3.25. The van der Waals surface area contributed by atoms with Crippen molar-refractivity contribution in [1.82, 2.24) is 4.90 Å². The molecule has 1 aliphatic heterocycles. The molecule has 0 atom stereocenters. The van der Waals surface area contributed by atoms with Gasteiger partial charge in [-0.25, -0.2) is 0 Å². The molecule has 1 aromatic rings. The van der Waals surface area contributed by atoms with E-state index in [2.05, 4.69) is 22.9 Å². The van der Waals surface area contributed by atoms with Crippen LogP contribution in [0, 0.1) is 6.92 Å². The number of nitrogens with zero attached hydrogens (tertiary/aromatic N) is 2. The number of aldehydes is 1. The highest BCUT2D eigenvalue weighted by atomic mass is 16.1. The Labute approximate surface area is 96.7 Å². The Bertz CT molecular complexity index is 382. The lowest BCUT2D eigenvalue weighted by molar-refractivity contribution is 0.112. The van der Waals surface area contributed by atoms with E-state index in [0.717, 1.165) is 43.6 Å². The van der Waals surface area contributed by atoms with Crippen molar-refractivity contribution in [3.63, 3.8) is 0 Å². The number of carbonyl (C=O) groups is 1. The van der Waals surface area contributed by atoms with E-state index >= 15 is 0 Å². The van der Waals surface area contributed by atoms with Crippen LogP contribution in [-0.2, 0) is 0 Å². The normalized spacial score (nSPS) is 17.5. The molecule has 0 saturated carbocycles. The molecule has 1 heterocycles. The second-order valence-electron chi connectivity index (χ2n) is 4.40. The van der Waals surface area contributed by atoms with E-state index in [1.165, 1.54) is 5.69 Å². The Balaban J connectivity index is 2.23. The highest BCUT2D eigenvalue weighted by Gasteiger charge is 2.16. The standard InChI is InChI=1S/C13H18N2O/c1-11-12(10-16)4-3-5-13(11)15-8-6-14(2)7-9-15/h3-5,10H,6-9H2,1-2H3. The van der Waals surface area contributed by atoms with Gasteiger partial charge in [0.05, 0.1) is 0 Å². The van der Waals surface area contributed by atoms with Crippen LogP contribution in [0.4, 0.5) is 5.69 Å². The summed E-state index contributed by atoms with van der Waals surface area (Å²) in [6, 6.07) is 5.94. The molecule has 3 heteroatoms. The van der Waals surface area contributed by atoms with Crippen molar-refractivity contribution in [2.24, 2.45) is 0 Å². The molecular weight excluding hydrogens is 200 g/mol. The quantitative estimate of drug-likeness (QED) is 0.704. The molecule has 0 aliphatic carbocycles. The van der Waals surface area contributed by atoms with Crippen LogP contribution in [0.1, 0.15) is 15.9 Å². The summed E-state index contributed by atoms with van der Waals surface area (Å²) in [5.74, 6) is 0. The molecule has 0 amide bonds. The van der Waals surface area contributed by atoms with E-state index in [-0.39, 0.29) is 0 Å². The van der Waals surface area contributed by atoms with Gasteiger partial charge in [0.25, 0.3) is 0 Å². The fourth-order valence-electron chi connectivity index (χ4n) is 2.16. The molecule has 16 heavy (non-hydrogen) atoms. The van der Waals surface area contributed by atoms with Gasteiger partial charge in [-0.15, -0.1) is 0 Å². The van der Waals surface area contributed by atoms with Crippen LogP contribution in [0.5, 0.6) is 0 Å². The maximum atomic E-state index is 10.9. The minimum atomic E-state index is 0.802. The first-order chi connectivity index (χ1) is 7.72. The van der Waals surface area contributed by atoms with E-state index in [1.54, 1.807) is 0 Å². The summed E-state index contributed by atoms with van der Waals surface area (Å²) in [5, 5.41) is 0. The number of rotatable bonds is 2. The predicted molar refractivity (Wildman–Crippen MR) is 66.3 cm³/mol. The van der Waals surface area contributed by atoms with Crippen LogP contribution in [0.2, 0.25) is 0 Å². The van der Waals surface area contributed by atoms with Crippen LogP contribution in [-0.4, -0.2) is 44.4 Å². The lowest BCUT2D eigenvalue weighted by atomic mass is 10.1. The lowest BCUT2D eigenvalue weighted by Gasteiger charge is -2.35. The zero-order valence-corrected chi connectivity index (χ0v) is 9.94. The molecule has 1 aromatic carbocycles. The third-order valence-corrected chi connectivity index (χ3v) is 3.32. The monoisotopic (exact) mass is 218 g/mol. The van der Waals surface area contributed by atoms with Crippen LogP contribution in [0.15, 0.2) is 18.2 Å². The van der Waals surface area contributed by atoms with Gasteiger partial charge in [0.2, 0.25) is 0 Å². The largest absolute Gasteiger partial charge is 0.369 e. The maximum absolute atomic E-state index is 10.9. The topological polar surface area (TPSA) is 23.6 Å². The van der Waals surface area contributed by atoms with Gasteiger partial charge in [-0.3, -0.25) is 4.79 Å². The summed E-state index contributed by atoms with van der Waals surface area (Å²) in [6.07, 6.45) is 0.939. The van der Waals surface area contributed by atoms with Gasteiger partial charge >= 0.3 is 0 Å². The summed E-state index contributed by atoms with van der Waals surface area (Å²) in [6.45, 7) is 6.28. The third-order valence-electron chi connectivity index (χ3n) is 3.32. The number of hydrogen-bond donors (Lipinski definition) is 0. The highest BCUT2D eigenvalue weighted by Crippen LogP contribution is 2.23. The summed E-state index contributed by atoms with van der Waals surface area (Å²) in [4.78, 5) is 15.6. The summed E-state index contributed by atoms with van der Waals surface area (Å²) < 4.78 is 0. The van der Waals surface area contributed by atoms with Crippen molar-refractivity contribution >= 4 is 12.0 Å². The zero-order valence-electron chi connectivity index (χ0n) is 9.94. The highest BCUT2D eigenvalue weighted by molar-refractivity contribution is 5.80. The summed E-state index contributed by atoms with van der Waals surface area (Å²) in [5.41, 5.74) is 3.11. The first-order valence-corrected chi connectivity index (χ1v) is 5.70. The molecule has 0 N–H and O–H groups in total. The van der Waals surface area contributed by atoms with Crippen molar-refractivity contribution in [3.8, 4) is 0 Å². The maximum Gasteiger partial charge on any atom is 0.150 e. The number of carbonyl (C=O) groups excluding carboxylic acids is 1. The number of hydrogen-bond acceptors (Lipinski definition) is 3. The predicted octanol–water partition coefficient (Wildman–Crippen LogP) is 1.56. The Morgan fingerprint density at radius 1 is 1.19 bits per heavy atom. The van der Waals surface area contributed by atoms with Crippen molar-refractivity contribution in [3.05, 3.63) is 29.3 Å². The summed E-state index contributed by atoms with van der Waals surface area (Å²) >= 11 is 0. The van der Waals surface area contributed by atoms with Crippen molar-refractivity contribution in [2.45, 2.75) is 6.92 Å². The molecule has 0 aromatic heterocycles. The number of piperazine rings is 1. The van der Waals surface area contributed by atoms with Gasteiger partial charge in [-0.2, -0.15) is 0 Å². The molecule has 86 valence electrons. The molecular formula is C13H18N2O. The minimum Gasteiger partial charge on any atom is -0.369 e.